The molecule has 0 spiro atoms. The SMILES string of the molecule is CCCCC[C@H]1O[C@H]1C/C=C\CCCCCCCCS(=O)(=O)O. The summed E-state index contributed by atoms with van der Waals surface area (Å²) in [6.45, 7) is 2.23. The van der Waals surface area contributed by atoms with E-state index in [1.54, 1.807) is 0 Å². The Morgan fingerprint density at radius 1 is 0.913 bits per heavy atom. The second-order valence-electron chi connectivity index (χ2n) is 6.61. The zero-order valence-electron chi connectivity index (χ0n) is 14.6. The zero-order chi connectivity index (χ0) is 17.0. The van der Waals surface area contributed by atoms with Crippen LogP contribution in [0.25, 0.3) is 0 Å². The monoisotopic (exact) mass is 346 g/mol. The third kappa shape index (κ3) is 12.7. The summed E-state index contributed by atoms with van der Waals surface area (Å²) in [7, 11) is -3.76. The molecule has 136 valence electrons. The molecule has 0 radical (unpaired) electrons. The van der Waals surface area contributed by atoms with Crippen LogP contribution in [0.5, 0.6) is 0 Å². The highest BCUT2D eigenvalue weighted by Gasteiger charge is 2.36. The molecule has 2 atom stereocenters. The van der Waals surface area contributed by atoms with Crippen molar-refractivity contribution in [1.82, 2.24) is 0 Å². The van der Waals surface area contributed by atoms with Crippen molar-refractivity contribution >= 4 is 10.1 Å². The minimum atomic E-state index is -3.76. The fraction of sp³-hybridized carbons (Fsp3) is 0.889. The molecule has 0 bridgehead atoms. The van der Waals surface area contributed by atoms with Crippen molar-refractivity contribution < 1.29 is 17.7 Å². The quantitative estimate of drug-likeness (QED) is 0.198. The molecule has 0 aromatic carbocycles. The standard InChI is InChI=1S/C18H34O4S/c1-2-3-11-14-17-18(22-17)15-12-9-7-5-4-6-8-10-13-16-23(19,20)21/h9,12,17-18H,2-8,10-11,13-16H2,1H3,(H,19,20,21)/b12-9-/t17-,18+/m1/s1. The molecule has 1 saturated heterocycles. The van der Waals surface area contributed by atoms with E-state index in [4.69, 9.17) is 9.29 Å². The van der Waals surface area contributed by atoms with Crippen LogP contribution in [-0.2, 0) is 14.9 Å². The average Bonchev–Trinajstić information content (AvgIpc) is 3.22. The number of allylic oxidation sites excluding steroid dienone is 1. The van der Waals surface area contributed by atoms with Gasteiger partial charge in [-0.1, -0.05) is 64.0 Å². The van der Waals surface area contributed by atoms with Crippen LogP contribution >= 0.6 is 0 Å². The van der Waals surface area contributed by atoms with E-state index >= 15 is 0 Å². The van der Waals surface area contributed by atoms with Crippen molar-refractivity contribution in [2.45, 2.75) is 96.2 Å². The van der Waals surface area contributed by atoms with E-state index in [9.17, 15) is 8.42 Å². The second kappa shape index (κ2) is 12.0. The Balaban J connectivity index is 1.81. The first-order valence-electron chi connectivity index (χ1n) is 9.28. The lowest BCUT2D eigenvalue weighted by atomic mass is 10.1. The molecule has 1 aliphatic heterocycles. The van der Waals surface area contributed by atoms with Gasteiger partial charge >= 0.3 is 0 Å². The number of ether oxygens (including phenoxy) is 1. The lowest BCUT2D eigenvalue weighted by Gasteiger charge is -2.00. The van der Waals surface area contributed by atoms with E-state index in [2.05, 4.69) is 19.1 Å². The highest BCUT2D eigenvalue weighted by Crippen LogP contribution is 2.30. The first-order chi connectivity index (χ1) is 11.0. The summed E-state index contributed by atoms with van der Waals surface area (Å²) in [6.07, 6.45) is 18.9. The predicted molar refractivity (Wildman–Crippen MR) is 95.3 cm³/mol. The van der Waals surface area contributed by atoms with Crippen molar-refractivity contribution in [2.24, 2.45) is 0 Å². The number of hydrogen-bond donors (Lipinski definition) is 1. The Bertz CT molecular complexity index is 417. The van der Waals surface area contributed by atoms with Crippen molar-refractivity contribution in [1.29, 1.82) is 0 Å². The van der Waals surface area contributed by atoms with E-state index in [1.165, 1.54) is 38.5 Å². The Morgan fingerprint density at radius 2 is 1.61 bits per heavy atom. The van der Waals surface area contributed by atoms with Gasteiger partial charge in [0, 0.05) is 0 Å². The molecule has 1 N–H and O–H groups in total. The van der Waals surface area contributed by atoms with Crippen LogP contribution in [0.4, 0.5) is 0 Å². The minimum Gasteiger partial charge on any atom is -0.369 e. The smallest absolute Gasteiger partial charge is 0.264 e. The zero-order valence-corrected chi connectivity index (χ0v) is 15.4. The van der Waals surface area contributed by atoms with E-state index in [0.29, 0.717) is 18.6 Å². The van der Waals surface area contributed by atoms with Crippen molar-refractivity contribution in [3.8, 4) is 0 Å². The summed E-state index contributed by atoms with van der Waals surface area (Å²) in [4.78, 5) is 0. The molecular formula is C18H34O4S. The molecular weight excluding hydrogens is 312 g/mol. The normalized spacial score (nSPS) is 21.1. The van der Waals surface area contributed by atoms with Crippen molar-refractivity contribution in [3.63, 3.8) is 0 Å². The Kier molecular flexibility index (Phi) is 10.8. The Hall–Kier alpha value is -0.390. The Morgan fingerprint density at radius 3 is 2.30 bits per heavy atom. The molecule has 4 nitrogen and oxygen atoms in total. The molecule has 1 heterocycles. The van der Waals surface area contributed by atoms with Gasteiger partial charge in [-0.25, -0.2) is 0 Å². The van der Waals surface area contributed by atoms with Gasteiger partial charge in [-0.3, -0.25) is 4.55 Å². The summed E-state index contributed by atoms with van der Waals surface area (Å²) >= 11 is 0. The molecule has 1 fully saturated rings. The molecule has 5 heteroatoms. The lowest BCUT2D eigenvalue weighted by molar-refractivity contribution is 0.359. The first-order valence-corrected chi connectivity index (χ1v) is 10.9. The van der Waals surface area contributed by atoms with E-state index in [1.807, 2.05) is 0 Å². The molecule has 0 amide bonds. The molecule has 1 rings (SSSR count). The fourth-order valence-corrected chi connectivity index (χ4v) is 3.41. The van der Waals surface area contributed by atoms with Gasteiger partial charge in [0.2, 0.25) is 0 Å². The number of rotatable bonds is 15. The maximum absolute atomic E-state index is 10.5. The van der Waals surface area contributed by atoms with E-state index < -0.39 is 10.1 Å². The summed E-state index contributed by atoms with van der Waals surface area (Å²) < 4.78 is 35.4. The van der Waals surface area contributed by atoms with Gasteiger partial charge in [0.05, 0.1) is 18.0 Å². The molecule has 1 aliphatic rings. The molecule has 0 aliphatic carbocycles. The number of hydrogen-bond acceptors (Lipinski definition) is 3. The highest BCUT2D eigenvalue weighted by molar-refractivity contribution is 7.85. The average molecular weight is 347 g/mol. The predicted octanol–water partition coefficient (Wildman–Crippen LogP) is 4.90. The van der Waals surface area contributed by atoms with Crippen molar-refractivity contribution in [2.75, 3.05) is 5.75 Å². The van der Waals surface area contributed by atoms with E-state index in [-0.39, 0.29) is 5.75 Å². The third-order valence-corrected chi connectivity index (χ3v) is 5.14. The summed E-state index contributed by atoms with van der Waals surface area (Å²) in [6, 6.07) is 0. The molecule has 0 unspecified atom stereocenters. The van der Waals surface area contributed by atoms with Gasteiger partial charge in [-0.15, -0.1) is 0 Å². The van der Waals surface area contributed by atoms with Crippen LogP contribution in [0.3, 0.4) is 0 Å². The van der Waals surface area contributed by atoms with Crippen molar-refractivity contribution in [3.05, 3.63) is 12.2 Å². The lowest BCUT2D eigenvalue weighted by Crippen LogP contribution is -2.03. The topological polar surface area (TPSA) is 66.9 Å². The van der Waals surface area contributed by atoms with Gasteiger partial charge < -0.3 is 4.74 Å². The first kappa shape index (κ1) is 20.7. The Labute approximate surface area is 142 Å². The summed E-state index contributed by atoms with van der Waals surface area (Å²) in [5, 5.41) is 0. The number of epoxide rings is 1. The maximum Gasteiger partial charge on any atom is 0.264 e. The summed E-state index contributed by atoms with van der Waals surface area (Å²) in [5.74, 6) is -0.0988. The molecule has 0 aromatic heterocycles. The summed E-state index contributed by atoms with van der Waals surface area (Å²) in [5.41, 5.74) is 0. The van der Waals surface area contributed by atoms with Gasteiger partial charge in [0.1, 0.15) is 0 Å². The maximum atomic E-state index is 10.5. The fourth-order valence-electron chi connectivity index (χ4n) is 2.84. The van der Waals surface area contributed by atoms with Gasteiger partial charge in [-0.2, -0.15) is 8.42 Å². The van der Waals surface area contributed by atoms with Gasteiger partial charge in [0.25, 0.3) is 10.1 Å². The largest absolute Gasteiger partial charge is 0.369 e. The van der Waals surface area contributed by atoms with Crippen LogP contribution in [0, 0.1) is 0 Å². The minimum absolute atomic E-state index is 0.0988. The van der Waals surface area contributed by atoms with Crippen LogP contribution < -0.4 is 0 Å². The second-order valence-corrected chi connectivity index (χ2v) is 8.18. The molecule has 0 aromatic rings. The molecule has 23 heavy (non-hydrogen) atoms. The highest BCUT2D eigenvalue weighted by atomic mass is 32.2. The van der Waals surface area contributed by atoms with Gasteiger partial charge in [-0.05, 0) is 32.1 Å². The number of unbranched alkanes of at least 4 members (excludes halogenated alkanes) is 8. The molecule has 0 saturated carbocycles. The van der Waals surface area contributed by atoms with Gasteiger partial charge in [0.15, 0.2) is 0 Å². The van der Waals surface area contributed by atoms with E-state index in [0.717, 1.165) is 32.1 Å². The van der Waals surface area contributed by atoms with Crippen LogP contribution in [0.2, 0.25) is 0 Å². The third-order valence-electron chi connectivity index (χ3n) is 4.34. The van der Waals surface area contributed by atoms with Crippen LogP contribution in [0.1, 0.15) is 84.0 Å². The van der Waals surface area contributed by atoms with Crippen LogP contribution in [-0.4, -0.2) is 30.9 Å². The van der Waals surface area contributed by atoms with Crippen LogP contribution in [0.15, 0.2) is 12.2 Å².